The fraction of sp³-hybridized carbons (Fsp3) is 0.333. The third-order valence-corrected chi connectivity index (χ3v) is 3.37. The third-order valence-electron chi connectivity index (χ3n) is 2.41. The highest BCUT2D eigenvalue weighted by Gasteiger charge is 2.06. The number of aromatic nitrogens is 2. The van der Waals surface area contributed by atoms with Crippen molar-refractivity contribution < 1.29 is 0 Å². The normalized spacial score (nSPS) is 12.6. The van der Waals surface area contributed by atoms with E-state index in [4.69, 9.17) is 0 Å². The first-order valence-corrected chi connectivity index (χ1v) is 6.18. The summed E-state index contributed by atoms with van der Waals surface area (Å²) in [6, 6.07) is 6.42. The van der Waals surface area contributed by atoms with Gasteiger partial charge in [-0.25, -0.2) is 0 Å². The van der Waals surface area contributed by atoms with Crippen molar-refractivity contribution >= 4 is 11.3 Å². The average molecular weight is 233 g/mol. The van der Waals surface area contributed by atoms with E-state index < -0.39 is 0 Å². The van der Waals surface area contributed by atoms with Gasteiger partial charge in [0.15, 0.2) is 0 Å². The van der Waals surface area contributed by atoms with Crippen LogP contribution in [-0.2, 0) is 6.54 Å². The molecule has 0 aliphatic rings. The molecule has 1 atom stereocenters. The smallest absolute Gasteiger partial charge is 0.0794 e. The van der Waals surface area contributed by atoms with Crippen molar-refractivity contribution in [3.63, 3.8) is 0 Å². The van der Waals surface area contributed by atoms with E-state index in [1.165, 1.54) is 4.88 Å². The van der Waals surface area contributed by atoms with Crippen molar-refractivity contribution in [1.82, 2.24) is 15.3 Å². The Kier molecular flexibility index (Phi) is 3.64. The SMILES string of the molecule is Cc1cccc(CNC(C)c2cncs2)n1. The molecule has 2 aromatic rings. The Morgan fingerprint density at radius 3 is 3.00 bits per heavy atom. The number of thiazole rings is 1. The minimum Gasteiger partial charge on any atom is -0.304 e. The molecule has 0 saturated carbocycles. The van der Waals surface area contributed by atoms with E-state index in [1.807, 2.05) is 36.8 Å². The molecule has 0 aliphatic heterocycles. The first kappa shape index (κ1) is 11.2. The van der Waals surface area contributed by atoms with Crippen LogP contribution in [0.5, 0.6) is 0 Å². The molecular formula is C12H15N3S. The van der Waals surface area contributed by atoms with Crippen LogP contribution in [0.1, 0.15) is 29.2 Å². The molecule has 2 heterocycles. The third kappa shape index (κ3) is 2.87. The lowest BCUT2D eigenvalue weighted by Gasteiger charge is -2.11. The van der Waals surface area contributed by atoms with E-state index in [0.29, 0.717) is 6.04 Å². The van der Waals surface area contributed by atoms with Crippen LogP contribution in [0.4, 0.5) is 0 Å². The number of hydrogen-bond donors (Lipinski definition) is 1. The number of aryl methyl sites for hydroxylation is 1. The summed E-state index contributed by atoms with van der Waals surface area (Å²) in [6.45, 7) is 4.94. The quantitative estimate of drug-likeness (QED) is 0.882. The average Bonchev–Trinajstić information content (AvgIpc) is 2.79. The standard InChI is InChI=1S/C12H15N3S/c1-9-4-3-5-11(15-9)6-14-10(2)12-7-13-8-16-12/h3-5,7-8,10,14H,6H2,1-2H3. The maximum absolute atomic E-state index is 4.45. The second kappa shape index (κ2) is 5.18. The molecule has 0 radical (unpaired) electrons. The Balaban J connectivity index is 1.92. The minimum atomic E-state index is 0.329. The minimum absolute atomic E-state index is 0.329. The van der Waals surface area contributed by atoms with Crippen molar-refractivity contribution in [2.75, 3.05) is 0 Å². The van der Waals surface area contributed by atoms with E-state index in [1.54, 1.807) is 11.3 Å². The Labute approximate surface area is 99.6 Å². The summed E-state index contributed by atoms with van der Waals surface area (Å²) in [7, 11) is 0. The van der Waals surface area contributed by atoms with Crippen LogP contribution >= 0.6 is 11.3 Å². The molecule has 3 nitrogen and oxygen atoms in total. The van der Waals surface area contributed by atoms with Crippen LogP contribution < -0.4 is 5.32 Å². The van der Waals surface area contributed by atoms with Crippen LogP contribution in [0.2, 0.25) is 0 Å². The lowest BCUT2D eigenvalue weighted by molar-refractivity contribution is 0.574. The van der Waals surface area contributed by atoms with Gasteiger partial charge in [0.1, 0.15) is 0 Å². The van der Waals surface area contributed by atoms with Gasteiger partial charge in [-0.3, -0.25) is 9.97 Å². The van der Waals surface area contributed by atoms with Crippen LogP contribution in [0, 0.1) is 6.92 Å². The Morgan fingerprint density at radius 2 is 2.31 bits per heavy atom. The van der Waals surface area contributed by atoms with Crippen molar-refractivity contribution in [1.29, 1.82) is 0 Å². The molecule has 0 aliphatic carbocycles. The molecule has 1 unspecified atom stereocenters. The van der Waals surface area contributed by atoms with Crippen molar-refractivity contribution in [2.24, 2.45) is 0 Å². The van der Waals surface area contributed by atoms with E-state index >= 15 is 0 Å². The first-order chi connectivity index (χ1) is 7.75. The summed E-state index contributed by atoms with van der Waals surface area (Å²) >= 11 is 1.68. The zero-order valence-electron chi connectivity index (χ0n) is 9.47. The maximum atomic E-state index is 4.45. The fourth-order valence-electron chi connectivity index (χ4n) is 1.50. The van der Waals surface area contributed by atoms with Crippen LogP contribution in [-0.4, -0.2) is 9.97 Å². The predicted molar refractivity (Wildman–Crippen MR) is 66.3 cm³/mol. The van der Waals surface area contributed by atoms with Gasteiger partial charge in [0.2, 0.25) is 0 Å². The van der Waals surface area contributed by atoms with Gasteiger partial charge in [-0.2, -0.15) is 0 Å². The van der Waals surface area contributed by atoms with Crippen LogP contribution in [0.3, 0.4) is 0 Å². The molecule has 84 valence electrons. The van der Waals surface area contributed by atoms with Gasteiger partial charge in [-0.05, 0) is 26.0 Å². The van der Waals surface area contributed by atoms with Gasteiger partial charge in [0.05, 0.1) is 11.2 Å². The second-order valence-corrected chi connectivity index (χ2v) is 4.69. The largest absolute Gasteiger partial charge is 0.304 e. The topological polar surface area (TPSA) is 37.8 Å². The monoisotopic (exact) mass is 233 g/mol. The maximum Gasteiger partial charge on any atom is 0.0794 e. The highest BCUT2D eigenvalue weighted by atomic mass is 32.1. The second-order valence-electron chi connectivity index (χ2n) is 3.78. The molecule has 0 spiro atoms. The van der Waals surface area contributed by atoms with E-state index in [9.17, 15) is 0 Å². The van der Waals surface area contributed by atoms with Crippen molar-refractivity contribution in [3.8, 4) is 0 Å². The number of nitrogens with one attached hydrogen (secondary N) is 1. The lowest BCUT2D eigenvalue weighted by Crippen LogP contribution is -2.18. The zero-order chi connectivity index (χ0) is 11.4. The number of rotatable bonds is 4. The molecule has 0 aromatic carbocycles. The summed E-state index contributed by atoms with van der Waals surface area (Å²) < 4.78 is 0. The van der Waals surface area contributed by atoms with E-state index in [0.717, 1.165) is 17.9 Å². The summed E-state index contributed by atoms with van der Waals surface area (Å²) in [6.07, 6.45) is 1.91. The fourth-order valence-corrected chi connectivity index (χ4v) is 2.15. The van der Waals surface area contributed by atoms with Gasteiger partial charge in [0.25, 0.3) is 0 Å². The van der Waals surface area contributed by atoms with Gasteiger partial charge in [-0.15, -0.1) is 11.3 Å². The molecule has 4 heteroatoms. The molecule has 0 fully saturated rings. The zero-order valence-corrected chi connectivity index (χ0v) is 10.3. The van der Waals surface area contributed by atoms with Crippen molar-refractivity contribution in [3.05, 3.63) is 46.2 Å². The molecular weight excluding hydrogens is 218 g/mol. The van der Waals surface area contributed by atoms with Crippen LogP contribution in [0.15, 0.2) is 29.9 Å². The summed E-state index contributed by atoms with van der Waals surface area (Å²) in [5, 5.41) is 3.44. The number of nitrogens with zero attached hydrogens (tertiary/aromatic N) is 2. The van der Waals surface area contributed by atoms with E-state index in [2.05, 4.69) is 22.2 Å². The van der Waals surface area contributed by atoms with E-state index in [-0.39, 0.29) is 0 Å². The predicted octanol–water partition coefficient (Wildman–Crippen LogP) is 2.70. The van der Waals surface area contributed by atoms with Gasteiger partial charge in [-0.1, -0.05) is 6.07 Å². The van der Waals surface area contributed by atoms with Gasteiger partial charge < -0.3 is 5.32 Å². The first-order valence-electron chi connectivity index (χ1n) is 5.30. The molecule has 2 rings (SSSR count). The molecule has 0 amide bonds. The molecule has 2 aromatic heterocycles. The molecule has 0 bridgehead atoms. The summed E-state index contributed by atoms with van der Waals surface area (Å²) in [4.78, 5) is 9.78. The van der Waals surface area contributed by atoms with Gasteiger partial charge in [0, 0.05) is 29.4 Å². The number of hydrogen-bond acceptors (Lipinski definition) is 4. The Hall–Kier alpha value is -1.26. The molecule has 1 N–H and O–H groups in total. The summed E-state index contributed by atoms with van der Waals surface area (Å²) in [5.74, 6) is 0. The highest BCUT2D eigenvalue weighted by Crippen LogP contribution is 2.16. The molecule has 0 saturated heterocycles. The van der Waals surface area contributed by atoms with Gasteiger partial charge >= 0.3 is 0 Å². The highest BCUT2D eigenvalue weighted by molar-refractivity contribution is 7.09. The van der Waals surface area contributed by atoms with Crippen LogP contribution in [0.25, 0.3) is 0 Å². The van der Waals surface area contributed by atoms with Crippen molar-refractivity contribution in [2.45, 2.75) is 26.4 Å². The Morgan fingerprint density at radius 1 is 1.44 bits per heavy atom. The Bertz CT molecular complexity index is 439. The molecule has 16 heavy (non-hydrogen) atoms. The number of pyridine rings is 1. The summed E-state index contributed by atoms with van der Waals surface area (Å²) in [5.41, 5.74) is 4.00. The lowest BCUT2D eigenvalue weighted by atomic mass is 10.2.